The van der Waals surface area contributed by atoms with Crippen LogP contribution in [0.2, 0.25) is 0 Å². The third kappa shape index (κ3) is 14.0. The van der Waals surface area contributed by atoms with Crippen LogP contribution in [-0.2, 0) is 4.79 Å². The van der Waals surface area contributed by atoms with E-state index in [1.54, 1.807) is 99.0 Å². The van der Waals surface area contributed by atoms with Crippen LogP contribution in [0.25, 0.3) is 0 Å². The SMILES string of the molecule is CCOc1cc(OC(C)C)c(F)c(C(Nc2ccc(C(=N)N)cc2)c2cccc(N(C)C(C)=O)n2)c1.CCOc1cc(OC(C)C)c(F)c(C(Nc2ccc(C(=N)N)cc2)c2cccc(NC)n2)c1. The van der Waals surface area contributed by atoms with Gasteiger partial charge in [0.15, 0.2) is 23.1 Å². The van der Waals surface area contributed by atoms with Gasteiger partial charge in [0.1, 0.15) is 34.8 Å². The standard InChI is InChI=1S/C27H32FN5O3.C25H30FN5O2/c1-6-35-20-14-21(25(28)23(15-20)36-16(2)3)26(31-19-12-10-18(11-13-19)27(29)30)22-8-7-9-24(32-22)33(5)17(4)34;1-5-32-18-13-19(23(26)21(14-18)33-15(2)3)24(20-7-6-8-22(29-4)31-20)30-17-11-9-16(10-12-17)25(27)28/h7-16,26,31H,6H2,1-5H3,(H3,29,30);6-15,24,30H,5H2,1-4H3,(H3,27,28)(H,29,31). The fourth-order valence-electron chi connectivity index (χ4n) is 6.93. The van der Waals surface area contributed by atoms with Crippen molar-refractivity contribution in [1.29, 1.82) is 10.8 Å². The van der Waals surface area contributed by atoms with Gasteiger partial charge in [0.25, 0.3) is 0 Å². The minimum atomic E-state index is -0.761. The van der Waals surface area contributed by atoms with Gasteiger partial charge in [0.05, 0.1) is 48.9 Å². The molecule has 1 amide bonds. The molecule has 6 aromatic rings. The van der Waals surface area contributed by atoms with Gasteiger partial charge in [-0.3, -0.25) is 15.6 Å². The number of carbonyl (C=O) groups excluding carboxylic acids is 1. The van der Waals surface area contributed by atoms with E-state index in [4.69, 9.17) is 41.2 Å². The summed E-state index contributed by atoms with van der Waals surface area (Å²) in [6.07, 6.45) is -0.457. The molecular formula is C52H62F2N10O5. The number of amidine groups is 2. The van der Waals surface area contributed by atoms with Crippen LogP contribution in [0.5, 0.6) is 23.0 Å². The first kappa shape index (κ1) is 52.0. The molecule has 15 nitrogen and oxygen atoms in total. The van der Waals surface area contributed by atoms with E-state index in [0.717, 1.165) is 0 Å². The Morgan fingerprint density at radius 1 is 0.667 bits per heavy atom. The normalized spacial score (nSPS) is 11.7. The second-order valence-corrected chi connectivity index (χ2v) is 16.2. The van der Waals surface area contributed by atoms with Crippen molar-refractivity contribution in [3.8, 4) is 23.0 Å². The van der Waals surface area contributed by atoms with Gasteiger partial charge in [0, 0.05) is 66.8 Å². The zero-order valence-corrected chi connectivity index (χ0v) is 40.4. The van der Waals surface area contributed by atoms with Crippen molar-refractivity contribution < 1.29 is 32.5 Å². The van der Waals surface area contributed by atoms with E-state index in [2.05, 4.69) is 25.9 Å². The summed E-state index contributed by atoms with van der Waals surface area (Å²) in [4.78, 5) is 22.7. The molecule has 0 aliphatic heterocycles. The lowest BCUT2D eigenvalue weighted by molar-refractivity contribution is -0.116. The molecular weight excluding hydrogens is 883 g/mol. The topological polar surface area (TPSA) is 219 Å². The number of aromatic nitrogens is 2. The lowest BCUT2D eigenvalue weighted by atomic mass is 10.0. The first-order valence-electron chi connectivity index (χ1n) is 22.5. The second-order valence-electron chi connectivity index (χ2n) is 16.2. The summed E-state index contributed by atoms with van der Waals surface area (Å²) in [6.45, 7) is 13.3. The average molecular weight is 945 g/mol. The number of nitrogen functional groups attached to an aromatic ring is 2. The highest BCUT2D eigenvalue weighted by atomic mass is 19.1. The molecule has 6 rings (SSSR count). The van der Waals surface area contributed by atoms with Crippen LogP contribution in [0, 0.1) is 22.5 Å². The Bertz CT molecular complexity index is 2700. The summed E-state index contributed by atoms with van der Waals surface area (Å²) in [5.41, 5.74) is 15.4. The number of pyridine rings is 2. The number of ether oxygens (including phenoxy) is 4. The van der Waals surface area contributed by atoms with E-state index >= 15 is 8.78 Å². The Balaban J connectivity index is 0.000000258. The van der Waals surface area contributed by atoms with Gasteiger partial charge in [0.2, 0.25) is 5.91 Å². The number of nitrogens with two attached hydrogens (primary N) is 2. The van der Waals surface area contributed by atoms with Crippen LogP contribution in [0.15, 0.2) is 109 Å². The number of anilines is 4. The maximum absolute atomic E-state index is 15.9. The van der Waals surface area contributed by atoms with Crippen molar-refractivity contribution in [2.75, 3.05) is 48.2 Å². The molecule has 0 bridgehead atoms. The van der Waals surface area contributed by atoms with E-state index in [1.807, 2.05) is 59.7 Å². The highest BCUT2D eigenvalue weighted by molar-refractivity contribution is 5.95. The molecule has 364 valence electrons. The fraction of sp³-hybridized carbons (Fsp3) is 0.288. The summed E-state index contributed by atoms with van der Waals surface area (Å²) < 4.78 is 54.5. The first-order valence-corrected chi connectivity index (χ1v) is 22.5. The van der Waals surface area contributed by atoms with Gasteiger partial charge < -0.3 is 51.3 Å². The van der Waals surface area contributed by atoms with Gasteiger partial charge >= 0.3 is 0 Å². The second kappa shape index (κ2) is 24.2. The number of amides is 1. The van der Waals surface area contributed by atoms with Crippen LogP contribution in [0.3, 0.4) is 0 Å². The quantitative estimate of drug-likeness (QED) is 0.0281. The van der Waals surface area contributed by atoms with E-state index in [0.29, 0.717) is 75.8 Å². The zero-order valence-electron chi connectivity index (χ0n) is 40.4. The molecule has 0 radical (unpaired) electrons. The Morgan fingerprint density at radius 3 is 1.46 bits per heavy atom. The molecule has 17 heteroatoms. The molecule has 69 heavy (non-hydrogen) atoms. The minimum absolute atomic E-state index is 0.0209. The van der Waals surface area contributed by atoms with E-state index in [-0.39, 0.29) is 46.8 Å². The third-order valence-corrected chi connectivity index (χ3v) is 10.3. The molecule has 0 aliphatic rings. The van der Waals surface area contributed by atoms with E-state index in [9.17, 15) is 4.79 Å². The predicted octanol–water partition coefficient (Wildman–Crippen LogP) is 9.81. The minimum Gasteiger partial charge on any atom is -0.494 e. The van der Waals surface area contributed by atoms with E-state index in [1.165, 1.54) is 17.9 Å². The van der Waals surface area contributed by atoms with Gasteiger partial charge in [-0.2, -0.15) is 0 Å². The molecule has 0 spiro atoms. The van der Waals surface area contributed by atoms with Crippen molar-refractivity contribution in [3.05, 3.63) is 154 Å². The number of rotatable bonds is 20. The van der Waals surface area contributed by atoms with Crippen LogP contribution in [0.1, 0.15) is 94.2 Å². The van der Waals surface area contributed by atoms with Crippen molar-refractivity contribution in [3.63, 3.8) is 0 Å². The van der Waals surface area contributed by atoms with Crippen LogP contribution >= 0.6 is 0 Å². The zero-order chi connectivity index (χ0) is 50.4. The maximum Gasteiger partial charge on any atom is 0.224 e. The Hall–Kier alpha value is -7.95. The third-order valence-electron chi connectivity index (χ3n) is 10.3. The lowest BCUT2D eigenvalue weighted by Gasteiger charge is -2.24. The Labute approximate surface area is 402 Å². The lowest BCUT2D eigenvalue weighted by Crippen LogP contribution is -2.25. The fourth-order valence-corrected chi connectivity index (χ4v) is 6.93. The molecule has 2 heterocycles. The number of carbonyl (C=O) groups is 1. The summed E-state index contributed by atoms with van der Waals surface area (Å²) in [7, 11) is 3.40. The Kier molecular flexibility index (Phi) is 18.2. The van der Waals surface area contributed by atoms with Crippen molar-refractivity contribution >= 4 is 40.6 Å². The first-order chi connectivity index (χ1) is 32.9. The summed E-state index contributed by atoms with van der Waals surface area (Å²) >= 11 is 0. The highest BCUT2D eigenvalue weighted by Gasteiger charge is 2.27. The van der Waals surface area contributed by atoms with Gasteiger partial charge in [-0.15, -0.1) is 0 Å². The molecule has 2 atom stereocenters. The number of halogens is 2. The number of nitrogens with zero attached hydrogens (tertiary/aromatic N) is 3. The molecule has 2 aromatic heterocycles. The van der Waals surface area contributed by atoms with Crippen molar-refractivity contribution in [1.82, 2.24) is 9.97 Å². The number of benzene rings is 4. The van der Waals surface area contributed by atoms with Gasteiger partial charge in [-0.1, -0.05) is 12.1 Å². The van der Waals surface area contributed by atoms with Crippen LogP contribution in [-0.4, -0.2) is 67.1 Å². The van der Waals surface area contributed by atoms with Crippen molar-refractivity contribution in [2.24, 2.45) is 11.5 Å². The monoisotopic (exact) mass is 944 g/mol. The van der Waals surface area contributed by atoms with E-state index < -0.39 is 23.7 Å². The highest BCUT2D eigenvalue weighted by Crippen LogP contribution is 2.38. The molecule has 0 saturated carbocycles. The van der Waals surface area contributed by atoms with Gasteiger partial charge in [-0.25, -0.2) is 18.7 Å². The number of hydrogen-bond acceptors (Lipinski definition) is 12. The summed E-state index contributed by atoms with van der Waals surface area (Å²) in [5.74, 6) is 0.965. The number of nitrogens with one attached hydrogen (secondary N) is 5. The molecule has 2 unspecified atom stereocenters. The average Bonchev–Trinajstić information content (AvgIpc) is 3.32. The predicted molar refractivity (Wildman–Crippen MR) is 270 cm³/mol. The summed E-state index contributed by atoms with van der Waals surface area (Å²) in [5, 5.41) is 24.9. The molecule has 0 fully saturated rings. The molecule has 0 saturated heterocycles. The van der Waals surface area contributed by atoms with Crippen molar-refractivity contribution in [2.45, 2.75) is 72.8 Å². The molecule has 0 aliphatic carbocycles. The Morgan fingerprint density at radius 2 is 1.09 bits per heavy atom. The maximum atomic E-state index is 15.9. The van der Waals surface area contributed by atoms with Crippen LogP contribution < -0.4 is 51.3 Å². The smallest absolute Gasteiger partial charge is 0.224 e. The van der Waals surface area contributed by atoms with Crippen LogP contribution in [0.4, 0.5) is 31.8 Å². The molecule has 9 N–H and O–H groups in total. The number of hydrogen-bond donors (Lipinski definition) is 7. The van der Waals surface area contributed by atoms with Gasteiger partial charge in [-0.05, 0) is 126 Å². The molecule has 4 aromatic carbocycles. The largest absolute Gasteiger partial charge is 0.494 e. The summed E-state index contributed by atoms with van der Waals surface area (Å²) in [6, 6.07) is 29.7.